The van der Waals surface area contributed by atoms with Gasteiger partial charge in [0.05, 0.1) is 12.5 Å². The van der Waals surface area contributed by atoms with E-state index in [4.69, 9.17) is 15.2 Å². The van der Waals surface area contributed by atoms with Gasteiger partial charge in [0.15, 0.2) is 0 Å². The summed E-state index contributed by atoms with van der Waals surface area (Å²) in [5.74, 6) is 4.84. The van der Waals surface area contributed by atoms with Crippen LogP contribution in [0.1, 0.15) is 35.2 Å². The Balaban J connectivity index is 1.88. The third kappa shape index (κ3) is 4.63. The van der Waals surface area contributed by atoms with Crippen LogP contribution in [0.15, 0.2) is 36.1 Å². The summed E-state index contributed by atoms with van der Waals surface area (Å²) in [5.41, 5.74) is 6.46. The number of hydrogen-bond donors (Lipinski definition) is 5. The minimum atomic E-state index is -1.42. The molecule has 6 N–H and O–H groups in total. The molecule has 0 spiro atoms. The lowest BCUT2D eigenvalue weighted by Gasteiger charge is -2.42. The highest BCUT2D eigenvalue weighted by Crippen LogP contribution is 2.34. The number of aliphatic hydroxyl groups excluding tert-OH is 3. The molecule has 9 heteroatoms. The zero-order valence-electron chi connectivity index (χ0n) is 16.3. The van der Waals surface area contributed by atoms with E-state index < -0.39 is 49.1 Å². The number of ether oxygens (including phenoxy) is 2. The number of carbonyl (C=O) groups is 2. The van der Waals surface area contributed by atoms with E-state index in [2.05, 4.69) is 17.2 Å². The van der Waals surface area contributed by atoms with Crippen LogP contribution >= 0.6 is 0 Å². The molecule has 1 aliphatic heterocycles. The van der Waals surface area contributed by atoms with Crippen molar-refractivity contribution in [2.45, 2.75) is 49.9 Å². The summed E-state index contributed by atoms with van der Waals surface area (Å²) >= 11 is 0. The molecular weight excluding hydrogens is 392 g/mol. The van der Waals surface area contributed by atoms with Crippen molar-refractivity contribution in [3.63, 3.8) is 0 Å². The van der Waals surface area contributed by atoms with Gasteiger partial charge < -0.3 is 35.8 Å². The highest BCUT2D eigenvalue weighted by atomic mass is 16.7. The second-order valence-corrected chi connectivity index (χ2v) is 7.17. The van der Waals surface area contributed by atoms with Crippen LogP contribution in [0.25, 0.3) is 0 Å². The molecule has 0 aromatic heterocycles. The van der Waals surface area contributed by atoms with Gasteiger partial charge in [0, 0.05) is 25.0 Å². The van der Waals surface area contributed by atoms with Crippen LogP contribution in [-0.2, 0) is 14.3 Å². The maximum atomic E-state index is 11.6. The van der Waals surface area contributed by atoms with Gasteiger partial charge in [-0.15, -0.1) is 0 Å². The van der Waals surface area contributed by atoms with Crippen molar-refractivity contribution in [3.8, 4) is 11.8 Å². The first-order chi connectivity index (χ1) is 14.3. The number of rotatable bonds is 6. The SMILES string of the molecule is CC(=O)NC1C(OC2=CC#CCC2c2cccc(C(N)=O)c2)OC(CO)C(O)C1O. The number of nitrogens with two attached hydrogens (primary N) is 1. The van der Waals surface area contributed by atoms with Crippen molar-refractivity contribution in [1.82, 2.24) is 5.32 Å². The zero-order valence-corrected chi connectivity index (χ0v) is 16.3. The highest BCUT2D eigenvalue weighted by Gasteiger charge is 2.46. The minimum Gasteiger partial charge on any atom is -0.466 e. The second-order valence-electron chi connectivity index (χ2n) is 7.17. The van der Waals surface area contributed by atoms with Gasteiger partial charge in [-0.3, -0.25) is 9.59 Å². The van der Waals surface area contributed by atoms with E-state index in [0.29, 0.717) is 17.7 Å². The summed E-state index contributed by atoms with van der Waals surface area (Å²) in [6, 6.07) is 5.69. The van der Waals surface area contributed by atoms with Gasteiger partial charge in [0.2, 0.25) is 18.1 Å². The van der Waals surface area contributed by atoms with E-state index in [-0.39, 0.29) is 5.92 Å². The molecule has 3 rings (SSSR count). The topological polar surface area (TPSA) is 151 Å². The van der Waals surface area contributed by atoms with Gasteiger partial charge in [-0.05, 0) is 17.7 Å². The van der Waals surface area contributed by atoms with Crippen molar-refractivity contribution in [2.75, 3.05) is 6.61 Å². The van der Waals surface area contributed by atoms with Gasteiger partial charge in [0.1, 0.15) is 30.1 Å². The molecule has 0 saturated carbocycles. The molecule has 1 saturated heterocycles. The standard InChI is InChI=1S/C21H24N2O7/c1-11(25)23-17-19(27)18(26)16(10-24)30-21(17)29-15-8-3-2-7-14(15)12-5-4-6-13(9-12)20(22)28/h4-6,8-9,14,16-19,21,24,26-27H,7,10H2,1H3,(H2,22,28)(H,23,25). The fourth-order valence-corrected chi connectivity index (χ4v) is 3.50. The summed E-state index contributed by atoms with van der Waals surface area (Å²) in [5, 5.41) is 32.6. The molecule has 1 aromatic rings. The van der Waals surface area contributed by atoms with Crippen LogP contribution < -0.4 is 11.1 Å². The van der Waals surface area contributed by atoms with Gasteiger partial charge in [-0.1, -0.05) is 24.0 Å². The number of nitrogens with one attached hydrogen (secondary N) is 1. The number of amides is 2. The molecule has 0 radical (unpaired) electrons. The Morgan fingerprint density at radius 2 is 2.10 bits per heavy atom. The predicted molar refractivity (Wildman–Crippen MR) is 105 cm³/mol. The van der Waals surface area contributed by atoms with Crippen molar-refractivity contribution in [1.29, 1.82) is 0 Å². The summed E-state index contributed by atoms with van der Waals surface area (Å²) in [6.07, 6.45) is -3.16. The molecule has 9 nitrogen and oxygen atoms in total. The number of primary amides is 1. The minimum absolute atomic E-state index is 0.342. The molecule has 1 heterocycles. The average molecular weight is 416 g/mol. The molecule has 1 aliphatic carbocycles. The third-order valence-corrected chi connectivity index (χ3v) is 5.04. The van der Waals surface area contributed by atoms with E-state index in [9.17, 15) is 24.9 Å². The summed E-state index contributed by atoms with van der Waals surface area (Å²) < 4.78 is 11.6. The first kappa shape index (κ1) is 21.8. The van der Waals surface area contributed by atoms with Crippen LogP contribution in [0, 0.1) is 11.8 Å². The van der Waals surface area contributed by atoms with E-state index in [1.165, 1.54) is 6.92 Å². The Kier molecular flexibility index (Phi) is 6.74. The summed E-state index contributed by atoms with van der Waals surface area (Å²) in [6.45, 7) is 0.714. The number of benzene rings is 1. The number of hydrogen-bond acceptors (Lipinski definition) is 7. The number of carbonyl (C=O) groups excluding carboxylic acids is 2. The molecule has 0 bridgehead atoms. The smallest absolute Gasteiger partial charge is 0.248 e. The quantitative estimate of drug-likeness (QED) is 0.378. The Hall–Kier alpha value is -2.90. The maximum Gasteiger partial charge on any atom is 0.248 e. The number of allylic oxidation sites excluding steroid dienone is 2. The first-order valence-electron chi connectivity index (χ1n) is 9.46. The fourth-order valence-electron chi connectivity index (χ4n) is 3.50. The van der Waals surface area contributed by atoms with Gasteiger partial charge in [-0.25, -0.2) is 0 Å². The van der Waals surface area contributed by atoms with Crippen LogP contribution in [0.3, 0.4) is 0 Å². The molecule has 2 amide bonds. The van der Waals surface area contributed by atoms with Crippen molar-refractivity contribution >= 4 is 11.8 Å². The third-order valence-electron chi connectivity index (χ3n) is 5.04. The molecule has 6 atom stereocenters. The Labute approximate surface area is 173 Å². The predicted octanol–water partition coefficient (Wildman–Crippen LogP) is -0.880. The molecule has 1 aromatic carbocycles. The zero-order chi connectivity index (χ0) is 21.8. The van der Waals surface area contributed by atoms with Crippen molar-refractivity contribution in [3.05, 3.63) is 47.2 Å². The van der Waals surface area contributed by atoms with Crippen molar-refractivity contribution < 1.29 is 34.4 Å². The highest BCUT2D eigenvalue weighted by molar-refractivity contribution is 5.92. The second kappa shape index (κ2) is 9.28. The van der Waals surface area contributed by atoms with E-state index in [0.717, 1.165) is 5.56 Å². The van der Waals surface area contributed by atoms with E-state index in [1.54, 1.807) is 24.3 Å². The van der Waals surface area contributed by atoms with Crippen LogP contribution in [0.4, 0.5) is 0 Å². The molecule has 2 aliphatic rings. The van der Waals surface area contributed by atoms with Crippen LogP contribution in [0.2, 0.25) is 0 Å². The largest absolute Gasteiger partial charge is 0.466 e. The normalized spacial score (nSPS) is 30.5. The lowest BCUT2D eigenvalue weighted by atomic mass is 9.90. The van der Waals surface area contributed by atoms with E-state index in [1.807, 2.05) is 6.07 Å². The molecule has 1 fully saturated rings. The van der Waals surface area contributed by atoms with Crippen LogP contribution in [-0.4, -0.2) is 64.4 Å². The Morgan fingerprint density at radius 1 is 1.33 bits per heavy atom. The molecule has 30 heavy (non-hydrogen) atoms. The molecule has 160 valence electrons. The molecule has 6 unspecified atom stereocenters. The lowest BCUT2D eigenvalue weighted by Crippen LogP contribution is -2.64. The van der Waals surface area contributed by atoms with Gasteiger partial charge in [0.25, 0.3) is 0 Å². The van der Waals surface area contributed by atoms with Crippen molar-refractivity contribution in [2.24, 2.45) is 5.73 Å². The monoisotopic (exact) mass is 416 g/mol. The van der Waals surface area contributed by atoms with Gasteiger partial charge >= 0.3 is 0 Å². The fraction of sp³-hybridized carbons (Fsp3) is 0.429. The van der Waals surface area contributed by atoms with Crippen LogP contribution in [0.5, 0.6) is 0 Å². The first-order valence-corrected chi connectivity index (χ1v) is 9.46. The molecular formula is C21H24N2O7. The number of aliphatic hydroxyl groups is 3. The summed E-state index contributed by atoms with van der Waals surface area (Å²) in [7, 11) is 0. The lowest BCUT2D eigenvalue weighted by molar-refractivity contribution is -0.260. The maximum absolute atomic E-state index is 11.6. The summed E-state index contributed by atoms with van der Waals surface area (Å²) in [4.78, 5) is 23.1. The Bertz CT molecular complexity index is 904. The average Bonchev–Trinajstić information content (AvgIpc) is 2.73. The Morgan fingerprint density at radius 3 is 2.77 bits per heavy atom. The van der Waals surface area contributed by atoms with Gasteiger partial charge in [-0.2, -0.15) is 0 Å². The van der Waals surface area contributed by atoms with E-state index >= 15 is 0 Å².